The van der Waals surface area contributed by atoms with E-state index in [2.05, 4.69) is 4.98 Å². The maximum Gasteiger partial charge on any atom is 0.334 e. The molecule has 1 aliphatic heterocycles. The van der Waals surface area contributed by atoms with Crippen LogP contribution in [0.4, 0.5) is 5.69 Å². The van der Waals surface area contributed by atoms with Crippen molar-refractivity contribution in [1.29, 1.82) is 0 Å². The van der Waals surface area contributed by atoms with Crippen LogP contribution in [0.3, 0.4) is 0 Å². The first kappa shape index (κ1) is 16.4. The minimum atomic E-state index is -0.835. The van der Waals surface area contributed by atoms with E-state index in [0.29, 0.717) is 13.1 Å². The number of pyridine rings is 1. The van der Waals surface area contributed by atoms with Crippen molar-refractivity contribution in [2.75, 3.05) is 20.2 Å². The second-order valence-corrected chi connectivity index (χ2v) is 5.51. The molecule has 2 aromatic rings. The van der Waals surface area contributed by atoms with Crippen molar-refractivity contribution in [3.05, 3.63) is 74.2 Å². The number of nitro groups is 1. The Morgan fingerprint density at radius 3 is 2.88 bits per heavy atom. The Kier molecular flexibility index (Phi) is 4.34. The number of nitrogens with zero attached hydrogens (tertiary/aromatic N) is 2. The number of benzene rings is 1. The highest BCUT2D eigenvalue weighted by atomic mass is 16.6. The number of nitrogens with one attached hydrogen (secondary N) is 1. The van der Waals surface area contributed by atoms with Gasteiger partial charge in [-0.15, -0.1) is 0 Å². The predicted octanol–water partition coefficient (Wildman–Crippen LogP) is 1.83. The van der Waals surface area contributed by atoms with Crippen LogP contribution in [-0.4, -0.2) is 40.9 Å². The van der Waals surface area contributed by atoms with Gasteiger partial charge < -0.3 is 14.6 Å². The largest absolute Gasteiger partial charge is 0.497 e. The van der Waals surface area contributed by atoms with Crippen LogP contribution in [0.25, 0.3) is 5.57 Å². The molecule has 1 aromatic heterocycles. The number of carbonyl (C=O) groups excluding carboxylic acids is 1. The van der Waals surface area contributed by atoms with Gasteiger partial charge in [-0.3, -0.25) is 19.7 Å². The molecule has 0 atom stereocenters. The molecular weight excluding hydrogens is 326 g/mol. The Hall–Kier alpha value is -3.42. The molecule has 0 bridgehead atoms. The fourth-order valence-corrected chi connectivity index (χ4v) is 2.66. The summed E-state index contributed by atoms with van der Waals surface area (Å²) < 4.78 is 5.20. The molecule has 0 fully saturated rings. The lowest BCUT2D eigenvalue weighted by Gasteiger charge is -2.16. The Morgan fingerprint density at radius 2 is 2.16 bits per heavy atom. The summed E-state index contributed by atoms with van der Waals surface area (Å²) in [6.07, 6.45) is 3.12. The number of aromatic nitrogens is 1. The topological polar surface area (TPSA) is 106 Å². The lowest BCUT2D eigenvalue weighted by molar-refractivity contribution is -0.386. The molecule has 25 heavy (non-hydrogen) atoms. The van der Waals surface area contributed by atoms with Gasteiger partial charge in [-0.05, 0) is 23.3 Å². The van der Waals surface area contributed by atoms with E-state index >= 15 is 0 Å². The van der Waals surface area contributed by atoms with Gasteiger partial charge in [0.05, 0.1) is 17.6 Å². The van der Waals surface area contributed by atoms with E-state index < -0.39 is 16.2 Å². The molecule has 1 amide bonds. The minimum absolute atomic E-state index is 0.0755. The van der Waals surface area contributed by atoms with Crippen molar-refractivity contribution < 1.29 is 14.5 Å². The summed E-state index contributed by atoms with van der Waals surface area (Å²) in [7, 11) is 1.58. The van der Waals surface area contributed by atoms with Crippen LogP contribution in [0.1, 0.15) is 15.9 Å². The van der Waals surface area contributed by atoms with Gasteiger partial charge in [-0.1, -0.05) is 18.2 Å². The van der Waals surface area contributed by atoms with Gasteiger partial charge in [0.25, 0.3) is 5.91 Å². The Bertz CT molecular complexity index is 932. The van der Waals surface area contributed by atoms with Crippen LogP contribution in [0.15, 0.2) is 47.4 Å². The normalized spacial score (nSPS) is 13.5. The highest BCUT2D eigenvalue weighted by Gasteiger charge is 2.24. The van der Waals surface area contributed by atoms with Gasteiger partial charge in [-0.2, -0.15) is 0 Å². The predicted molar refractivity (Wildman–Crippen MR) is 90.6 cm³/mol. The first-order valence-electron chi connectivity index (χ1n) is 7.49. The average molecular weight is 341 g/mol. The fraction of sp³-hybridized carbons (Fsp3) is 0.176. The molecule has 128 valence electrons. The van der Waals surface area contributed by atoms with E-state index in [1.54, 1.807) is 12.0 Å². The molecule has 0 radical (unpaired) electrons. The summed E-state index contributed by atoms with van der Waals surface area (Å²) >= 11 is 0. The van der Waals surface area contributed by atoms with E-state index in [0.717, 1.165) is 23.0 Å². The van der Waals surface area contributed by atoms with Crippen molar-refractivity contribution in [3.8, 4) is 5.75 Å². The molecule has 0 spiro atoms. The highest BCUT2D eigenvalue weighted by Crippen LogP contribution is 2.25. The van der Waals surface area contributed by atoms with Crippen molar-refractivity contribution in [2.24, 2.45) is 0 Å². The number of rotatable bonds is 4. The van der Waals surface area contributed by atoms with E-state index in [4.69, 9.17) is 4.74 Å². The molecule has 1 N–H and O–H groups in total. The number of H-pyrrole nitrogens is 1. The number of methoxy groups -OCH3 is 1. The summed E-state index contributed by atoms with van der Waals surface area (Å²) in [5, 5.41) is 10.9. The monoisotopic (exact) mass is 341 g/mol. The third-order valence-electron chi connectivity index (χ3n) is 3.97. The fourth-order valence-electron chi connectivity index (χ4n) is 2.66. The SMILES string of the molecule is COc1cccc(C2=CCN(C(=O)c3c[nH]c(=O)c([N+](=O)[O-])c3)C2)c1. The molecule has 0 aliphatic carbocycles. The Morgan fingerprint density at radius 1 is 1.36 bits per heavy atom. The molecule has 3 rings (SSSR count). The van der Waals surface area contributed by atoms with Gasteiger partial charge in [-0.25, -0.2) is 0 Å². The lowest BCUT2D eigenvalue weighted by atomic mass is 10.1. The van der Waals surface area contributed by atoms with Gasteiger partial charge in [0, 0.05) is 25.4 Å². The maximum atomic E-state index is 12.6. The number of ether oxygens (including phenoxy) is 1. The molecule has 1 aromatic carbocycles. The second kappa shape index (κ2) is 6.60. The lowest BCUT2D eigenvalue weighted by Crippen LogP contribution is -2.29. The van der Waals surface area contributed by atoms with E-state index in [1.165, 1.54) is 6.20 Å². The number of hydrogen-bond donors (Lipinski definition) is 1. The van der Waals surface area contributed by atoms with Crippen LogP contribution in [-0.2, 0) is 0 Å². The number of aromatic amines is 1. The third-order valence-corrected chi connectivity index (χ3v) is 3.97. The number of hydrogen-bond acceptors (Lipinski definition) is 5. The molecule has 8 nitrogen and oxygen atoms in total. The van der Waals surface area contributed by atoms with Gasteiger partial charge in [0.2, 0.25) is 0 Å². The zero-order chi connectivity index (χ0) is 18.0. The summed E-state index contributed by atoms with van der Waals surface area (Å²) in [5.74, 6) is 0.341. The van der Waals surface area contributed by atoms with Gasteiger partial charge in [0.1, 0.15) is 5.75 Å². The number of amides is 1. The van der Waals surface area contributed by atoms with Crippen LogP contribution in [0, 0.1) is 10.1 Å². The van der Waals surface area contributed by atoms with Crippen LogP contribution in [0.5, 0.6) is 5.75 Å². The van der Waals surface area contributed by atoms with Crippen molar-refractivity contribution in [3.63, 3.8) is 0 Å². The van der Waals surface area contributed by atoms with Crippen molar-refractivity contribution in [2.45, 2.75) is 0 Å². The molecule has 0 saturated heterocycles. The molecule has 0 unspecified atom stereocenters. The first-order chi connectivity index (χ1) is 12.0. The van der Waals surface area contributed by atoms with Crippen molar-refractivity contribution in [1.82, 2.24) is 9.88 Å². The summed E-state index contributed by atoms with van der Waals surface area (Å²) in [6.45, 7) is 0.761. The van der Waals surface area contributed by atoms with Gasteiger partial charge >= 0.3 is 11.2 Å². The van der Waals surface area contributed by atoms with Crippen LogP contribution >= 0.6 is 0 Å². The zero-order valence-electron chi connectivity index (χ0n) is 13.4. The average Bonchev–Trinajstić information content (AvgIpc) is 3.11. The highest BCUT2D eigenvalue weighted by molar-refractivity contribution is 5.96. The summed E-state index contributed by atoms with van der Waals surface area (Å²) in [6, 6.07) is 8.51. The van der Waals surface area contributed by atoms with E-state index in [-0.39, 0.29) is 11.5 Å². The molecular formula is C17H15N3O5. The molecule has 8 heteroatoms. The standard InChI is InChI=1S/C17H15N3O5/c1-25-14-4-2-3-11(7-14)12-5-6-19(10-12)17(22)13-8-15(20(23)24)16(21)18-9-13/h2-5,7-9H,6,10H2,1H3,(H,18,21). The third kappa shape index (κ3) is 3.27. The molecule has 1 aliphatic rings. The smallest absolute Gasteiger partial charge is 0.334 e. The minimum Gasteiger partial charge on any atom is -0.497 e. The zero-order valence-corrected chi connectivity index (χ0v) is 13.4. The summed E-state index contributed by atoms with van der Waals surface area (Å²) in [4.78, 5) is 37.8. The summed E-state index contributed by atoms with van der Waals surface area (Å²) in [5.41, 5.74) is 0.504. The van der Waals surface area contributed by atoms with Crippen LogP contribution < -0.4 is 10.3 Å². The van der Waals surface area contributed by atoms with Crippen molar-refractivity contribution >= 4 is 17.2 Å². The first-order valence-corrected chi connectivity index (χ1v) is 7.49. The van der Waals surface area contributed by atoms with E-state index in [1.807, 2.05) is 30.3 Å². The quantitative estimate of drug-likeness (QED) is 0.674. The number of carbonyl (C=O) groups is 1. The second-order valence-electron chi connectivity index (χ2n) is 5.51. The van der Waals surface area contributed by atoms with Gasteiger partial charge in [0.15, 0.2) is 0 Å². The Balaban J connectivity index is 1.79. The Labute approximate surface area is 142 Å². The maximum absolute atomic E-state index is 12.6. The molecule has 2 heterocycles. The van der Waals surface area contributed by atoms with Crippen LogP contribution in [0.2, 0.25) is 0 Å². The van der Waals surface area contributed by atoms with E-state index in [9.17, 15) is 19.7 Å². The molecule has 0 saturated carbocycles.